The van der Waals surface area contributed by atoms with Crippen molar-refractivity contribution >= 4 is 17.4 Å². The van der Waals surface area contributed by atoms with E-state index in [9.17, 15) is 9.59 Å². The molecular formula is C25H27N3O2. The first-order chi connectivity index (χ1) is 14.4. The maximum atomic E-state index is 13.1. The molecular weight excluding hydrogens is 374 g/mol. The van der Waals surface area contributed by atoms with Gasteiger partial charge in [0.2, 0.25) is 5.91 Å². The Morgan fingerprint density at radius 1 is 1.03 bits per heavy atom. The second-order valence-electron chi connectivity index (χ2n) is 7.56. The number of anilines is 1. The summed E-state index contributed by atoms with van der Waals surface area (Å²) in [5.41, 5.74) is 5.22. The minimum atomic E-state index is -0.0510. The minimum absolute atomic E-state index is 0.0166. The number of aryl methyl sites for hydroxylation is 1. The number of nitrogens with zero attached hydrogens (tertiary/aromatic N) is 3. The zero-order valence-corrected chi connectivity index (χ0v) is 17.9. The number of amides is 1. The molecule has 0 aliphatic rings. The lowest BCUT2D eigenvalue weighted by molar-refractivity contribution is -0.116. The smallest absolute Gasteiger partial charge is 0.223 e. The van der Waals surface area contributed by atoms with Crippen LogP contribution in [0, 0.1) is 6.92 Å². The van der Waals surface area contributed by atoms with Crippen LogP contribution in [0.15, 0.2) is 61.1 Å². The first kappa shape index (κ1) is 21.4. The number of hydrogen-bond donors (Lipinski definition) is 0. The predicted octanol–water partition coefficient (Wildman–Crippen LogP) is 5.20. The van der Waals surface area contributed by atoms with E-state index < -0.39 is 0 Å². The molecule has 0 aliphatic carbocycles. The van der Waals surface area contributed by atoms with Gasteiger partial charge in [-0.1, -0.05) is 36.8 Å². The van der Waals surface area contributed by atoms with Gasteiger partial charge in [-0.2, -0.15) is 0 Å². The highest BCUT2D eigenvalue weighted by Gasteiger charge is 2.18. The zero-order valence-electron chi connectivity index (χ0n) is 17.9. The predicted molar refractivity (Wildman–Crippen MR) is 120 cm³/mol. The summed E-state index contributed by atoms with van der Waals surface area (Å²) in [6, 6.07) is 13.9. The van der Waals surface area contributed by atoms with Crippen LogP contribution < -0.4 is 4.90 Å². The molecule has 3 aromatic rings. The normalized spacial score (nSPS) is 11.7. The monoisotopic (exact) mass is 401 g/mol. The molecule has 1 aromatic heterocycles. The molecule has 0 N–H and O–H groups in total. The van der Waals surface area contributed by atoms with Gasteiger partial charge in [-0.3, -0.25) is 19.6 Å². The highest BCUT2D eigenvalue weighted by Crippen LogP contribution is 2.29. The summed E-state index contributed by atoms with van der Waals surface area (Å²) < 4.78 is 0. The topological polar surface area (TPSA) is 63.2 Å². The molecule has 2 aromatic carbocycles. The van der Waals surface area contributed by atoms with Crippen molar-refractivity contribution in [3.05, 3.63) is 77.9 Å². The molecule has 0 spiro atoms. The lowest BCUT2D eigenvalue weighted by Crippen LogP contribution is -2.28. The highest BCUT2D eigenvalue weighted by atomic mass is 16.2. The van der Waals surface area contributed by atoms with Crippen molar-refractivity contribution in [2.45, 2.75) is 40.0 Å². The maximum Gasteiger partial charge on any atom is 0.223 e. The SMILES string of the molecule is CCN(C(C)=O)c1cc(C(=O)CC(C)c2cnccn2)cc(-c2ccc(C)cc2)c1. The van der Waals surface area contributed by atoms with Crippen molar-refractivity contribution in [3.8, 4) is 11.1 Å². The summed E-state index contributed by atoms with van der Waals surface area (Å²) in [7, 11) is 0. The van der Waals surface area contributed by atoms with Crippen LogP contribution in [-0.4, -0.2) is 28.2 Å². The van der Waals surface area contributed by atoms with E-state index in [4.69, 9.17) is 0 Å². The largest absolute Gasteiger partial charge is 0.313 e. The van der Waals surface area contributed by atoms with Gasteiger partial charge in [0.1, 0.15) is 0 Å². The van der Waals surface area contributed by atoms with Crippen LogP contribution in [0.1, 0.15) is 54.7 Å². The summed E-state index contributed by atoms with van der Waals surface area (Å²) in [5.74, 6) is -0.0828. The van der Waals surface area contributed by atoms with E-state index in [1.165, 1.54) is 5.56 Å². The van der Waals surface area contributed by atoms with E-state index in [1.807, 2.05) is 63.2 Å². The number of carbonyl (C=O) groups is 2. The van der Waals surface area contributed by atoms with Gasteiger partial charge in [-0.05, 0) is 43.2 Å². The van der Waals surface area contributed by atoms with Gasteiger partial charge in [-0.25, -0.2) is 0 Å². The molecule has 1 amide bonds. The van der Waals surface area contributed by atoms with E-state index >= 15 is 0 Å². The van der Waals surface area contributed by atoms with Crippen LogP contribution in [0.2, 0.25) is 0 Å². The van der Waals surface area contributed by atoms with Gasteiger partial charge >= 0.3 is 0 Å². The van der Waals surface area contributed by atoms with Crippen LogP contribution in [-0.2, 0) is 4.79 Å². The number of aromatic nitrogens is 2. The quantitative estimate of drug-likeness (QED) is 0.510. The Labute approximate surface area is 177 Å². The lowest BCUT2D eigenvalue weighted by atomic mass is 9.94. The lowest BCUT2D eigenvalue weighted by Gasteiger charge is -2.21. The van der Waals surface area contributed by atoms with Gasteiger partial charge in [0.15, 0.2) is 5.78 Å². The molecule has 5 nitrogen and oxygen atoms in total. The van der Waals surface area contributed by atoms with Crippen LogP contribution >= 0.6 is 0 Å². The summed E-state index contributed by atoms with van der Waals surface area (Å²) in [5, 5.41) is 0. The molecule has 5 heteroatoms. The standard InChI is InChI=1S/C25H27N3O2/c1-5-28(19(4)29)23-14-21(20-8-6-17(2)7-9-20)13-22(15-23)25(30)12-18(3)24-16-26-10-11-27-24/h6-11,13-16,18H,5,12H2,1-4H3. The Hall–Kier alpha value is -3.34. The third-order valence-corrected chi connectivity index (χ3v) is 5.21. The van der Waals surface area contributed by atoms with Gasteiger partial charge in [-0.15, -0.1) is 0 Å². The van der Waals surface area contributed by atoms with Crippen LogP contribution in [0.3, 0.4) is 0 Å². The van der Waals surface area contributed by atoms with Gasteiger partial charge in [0, 0.05) is 55.6 Å². The molecule has 0 radical (unpaired) electrons. The maximum absolute atomic E-state index is 13.1. The molecule has 0 aliphatic heterocycles. The molecule has 1 unspecified atom stereocenters. The second-order valence-corrected chi connectivity index (χ2v) is 7.56. The summed E-state index contributed by atoms with van der Waals surface area (Å²) >= 11 is 0. The number of ketones is 1. The molecule has 154 valence electrons. The summed E-state index contributed by atoms with van der Waals surface area (Å²) in [6.07, 6.45) is 5.28. The zero-order chi connectivity index (χ0) is 21.7. The summed E-state index contributed by atoms with van der Waals surface area (Å²) in [4.78, 5) is 35.4. The van der Waals surface area contributed by atoms with Crippen molar-refractivity contribution in [3.63, 3.8) is 0 Å². The molecule has 3 rings (SSSR count). The molecule has 1 heterocycles. The minimum Gasteiger partial charge on any atom is -0.313 e. The Bertz CT molecular complexity index is 1030. The number of Topliss-reactive ketones (excluding diaryl/α,β-unsaturated/α-hetero) is 1. The third kappa shape index (κ3) is 4.98. The second kappa shape index (κ2) is 9.44. The van der Waals surface area contributed by atoms with E-state index in [-0.39, 0.29) is 17.6 Å². The fourth-order valence-electron chi connectivity index (χ4n) is 3.49. The van der Waals surface area contributed by atoms with E-state index in [1.54, 1.807) is 30.4 Å². The van der Waals surface area contributed by atoms with Crippen molar-refractivity contribution in [2.75, 3.05) is 11.4 Å². The van der Waals surface area contributed by atoms with Gasteiger partial charge in [0.25, 0.3) is 0 Å². The Kier molecular flexibility index (Phi) is 6.72. The van der Waals surface area contributed by atoms with Crippen molar-refractivity contribution in [1.29, 1.82) is 0 Å². The highest BCUT2D eigenvalue weighted by molar-refractivity contribution is 6.00. The van der Waals surface area contributed by atoms with Crippen molar-refractivity contribution in [1.82, 2.24) is 9.97 Å². The Balaban J connectivity index is 1.99. The number of benzene rings is 2. The number of rotatable bonds is 7. The third-order valence-electron chi connectivity index (χ3n) is 5.21. The van der Waals surface area contributed by atoms with Crippen molar-refractivity contribution < 1.29 is 9.59 Å². The average molecular weight is 402 g/mol. The van der Waals surface area contributed by atoms with E-state index in [2.05, 4.69) is 9.97 Å². The van der Waals surface area contributed by atoms with Gasteiger partial charge in [0.05, 0.1) is 5.69 Å². The van der Waals surface area contributed by atoms with Crippen LogP contribution in [0.5, 0.6) is 0 Å². The fraction of sp³-hybridized carbons (Fsp3) is 0.280. The number of carbonyl (C=O) groups excluding carboxylic acids is 2. The first-order valence-corrected chi connectivity index (χ1v) is 10.2. The van der Waals surface area contributed by atoms with Crippen LogP contribution in [0.4, 0.5) is 5.69 Å². The Morgan fingerprint density at radius 3 is 2.37 bits per heavy atom. The molecule has 1 atom stereocenters. The molecule has 0 bridgehead atoms. The van der Waals surface area contributed by atoms with Gasteiger partial charge < -0.3 is 4.90 Å². The van der Waals surface area contributed by atoms with E-state index in [0.717, 1.165) is 22.5 Å². The molecule has 0 saturated heterocycles. The van der Waals surface area contributed by atoms with Crippen LogP contribution in [0.25, 0.3) is 11.1 Å². The average Bonchev–Trinajstić information content (AvgIpc) is 2.75. The first-order valence-electron chi connectivity index (χ1n) is 10.2. The summed E-state index contributed by atoms with van der Waals surface area (Å²) in [6.45, 7) is 8.02. The fourth-order valence-corrected chi connectivity index (χ4v) is 3.49. The Morgan fingerprint density at radius 2 is 1.77 bits per heavy atom. The van der Waals surface area contributed by atoms with E-state index in [0.29, 0.717) is 18.5 Å². The molecule has 0 fully saturated rings. The van der Waals surface area contributed by atoms with Crippen molar-refractivity contribution in [2.24, 2.45) is 0 Å². The number of hydrogen-bond acceptors (Lipinski definition) is 4. The molecule has 0 saturated carbocycles. The molecule has 30 heavy (non-hydrogen) atoms.